The van der Waals surface area contributed by atoms with Crippen molar-refractivity contribution in [3.63, 3.8) is 0 Å². The average molecular weight is 549 g/mol. The molecule has 5 aromatic rings. The highest BCUT2D eigenvalue weighted by Crippen LogP contribution is 2.34. The van der Waals surface area contributed by atoms with E-state index in [4.69, 9.17) is 15.2 Å². The molecule has 1 fully saturated rings. The zero-order valence-corrected chi connectivity index (χ0v) is 23.0. The van der Waals surface area contributed by atoms with Crippen LogP contribution in [-0.2, 0) is 13.1 Å². The number of carbonyl (C=O) groups excluding carboxylic acids is 1. The van der Waals surface area contributed by atoms with Crippen LogP contribution in [0.5, 0.6) is 11.5 Å². The molecule has 1 saturated heterocycles. The van der Waals surface area contributed by atoms with Crippen LogP contribution < -0.4 is 15.2 Å². The van der Waals surface area contributed by atoms with E-state index in [0.717, 1.165) is 57.7 Å². The summed E-state index contributed by atoms with van der Waals surface area (Å²) in [5.41, 5.74) is 11.0. The molecule has 0 bridgehead atoms. The number of benzene rings is 3. The van der Waals surface area contributed by atoms with Crippen molar-refractivity contribution in [2.45, 2.75) is 13.1 Å². The van der Waals surface area contributed by atoms with Crippen molar-refractivity contribution in [1.29, 1.82) is 0 Å². The number of nitrogens with zero attached hydrogens (tertiary/aromatic N) is 5. The lowest BCUT2D eigenvalue weighted by Gasteiger charge is -2.32. The molecule has 0 spiro atoms. The summed E-state index contributed by atoms with van der Waals surface area (Å²) in [6.45, 7) is 4.46. The van der Waals surface area contributed by atoms with E-state index < -0.39 is 0 Å². The molecule has 0 radical (unpaired) electrons. The standard InChI is InChI=1S/C32H32N6O3/c1-35-11-13-37(14-12-35)32(39)27-18-36(17-26(27)25-8-4-6-23-5-2-3-7-24(23)25)19-28-31(33)34-20-38(28)16-22-9-10-29-30(15-22)41-21-40-29/h2-10,15,17-18,20H,11-14,16,19,21,33H2,1H3. The van der Waals surface area contributed by atoms with Crippen molar-refractivity contribution in [3.05, 3.63) is 96.2 Å². The smallest absolute Gasteiger partial charge is 0.256 e. The molecule has 0 aliphatic carbocycles. The Morgan fingerprint density at radius 1 is 0.902 bits per heavy atom. The summed E-state index contributed by atoms with van der Waals surface area (Å²) in [5, 5.41) is 2.26. The zero-order chi connectivity index (χ0) is 27.9. The molecule has 1 amide bonds. The number of nitrogens with two attached hydrogens (primary N) is 1. The monoisotopic (exact) mass is 548 g/mol. The Kier molecular flexibility index (Phi) is 6.36. The largest absolute Gasteiger partial charge is 0.454 e. The number of hydrogen-bond donors (Lipinski definition) is 1. The highest BCUT2D eigenvalue weighted by molar-refractivity contribution is 6.06. The number of imidazole rings is 1. The number of anilines is 1. The van der Waals surface area contributed by atoms with Crippen LogP contribution in [0.4, 0.5) is 5.82 Å². The molecule has 0 unspecified atom stereocenters. The quantitative estimate of drug-likeness (QED) is 0.340. The Morgan fingerprint density at radius 2 is 1.71 bits per heavy atom. The van der Waals surface area contributed by atoms with Gasteiger partial charge in [-0.1, -0.05) is 48.5 Å². The van der Waals surface area contributed by atoms with Crippen molar-refractivity contribution in [2.75, 3.05) is 45.8 Å². The Bertz CT molecular complexity index is 1740. The van der Waals surface area contributed by atoms with Gasteiger partial charge in [0.1, 0.15) is 5.82 Å². The number of nitrogen functional groups attached to an aromatic ring is 1. The van der Waals surface area contributed by atoms with Crippen molar-refractivity contribution in [2.24, 2.45) is 0 Å². The molecule has 3 aromatic carbocycles. The lowest BCUT2D eigenvalue weighted by atomic mass is 9.97. The molecule has 9 heteroatoms. The van der Waals surface area contributed by atoms with Crippen LogP contribution in [0.1, 0.15) is 21.6 Å². The van der Waals surface area contributed by atoms with Gasteiger partial charge in [-0.15, -0.1) is 0 Å². The third kappa shape index (κ3) is 4.78. The van der Waals surface area contributed by atoms with Gasteiger partial charge in [0, 0.05) is 50.7 Å². The molecule has 208 valence electrons. The molecule has 0 saturated carbocycles. The van der Waals surface area contributed by atoms with E-state index in [1.54, 1.807) is 6.33 Å². The summed E-state index contributed by atoms with van der Waals surface area (Å²) >= 11 is 0. The van der Waals surface area contributed by atoms with Gasteiger partial charge in [0.05, 0.1) is 24.1 Å². The number of hydrogen-bond acceptors (Lipinski definition) is 6. The summed E-state index contributed by atoms with van der Waals surface area (Å²) in [6.07, 6.45) is 5.80. The maximum Gasteiger partial charge on any atom is 0.256 e. The normalized spacial score (nSPS) is 15.1. The number of ether oxygens (including phenoxy) is 2. The van der Waals surface area contributed by atoms with E-state index >= 15 is 0 Å². The van der Waals surface area contributed by atoms with Crippen LogP contribution in [0.25, 0.3) is 21.9 Å². The molecule has 41 heavy (non-hydrogen) atoms. The first kappa shape index (κ1) is 25.2. The highest BCUT2D eigenvalue weighted by atomic mass is 16.7. The van der Waals surface area contributed by atoms with Gasteiger partial charge in [-0.25, -0.2) is 4.98 Å². The predicted molar refractivity (Wildman–Crippen MR) is 158 cm³/mol. The molecule has 2 aromatic heterocycles. The van der Waals surface area contributed by atoms with Gasteiger partial charge in [0.25, 0.3) is 5.91 Å². The van der Waals surface area contributed by atoms with E-state index in [1.165, 1.54) is 0 Å². The van der Waals surface area contributed by atoms with Crippen LogP contribution in [0, 0.1) is 0 Å². The van der Waals surface area contributed by atoms with E-state index in [2.05, 4.69) is 58.0 Å². The third-order valence-corrected chi connectivity index (χ3v) is 8.08. The molecule has 2 aliphatic heterocycles. The zero-order valence-electron chi connectivity index (χ0n) is 23.0. The molecule has 0 atom stereocenters. The average Bonchev–Trinajstić information content (AvgIpc) is 3.72. The van der Waals surface area contributed by atoms with Crippen molar-refractivity contribution < 1.29 is 14.3 Å². The number of piperazine rings is 1. The number of likely N-dealkylation sites (N-methyl/N-ethyl adjacent to an activating group) is 1. The van der Waals surface area contributed by atoms with Crippen molar-refractivity contribution in [1.82, 2.24) is 23.9 Å². The van der Waals surface area contributed by atoms with E-state index in [1.807, 2.05) is 46.0 Å². The van der Waals surface area contributed by atoms with E-state index in [-0.39, 0.29) is 12.7 Å². The number of rotatable bonds is 6. The first-order valence-corrected chi connectivity index (χ1v) is 13.9. The van der Waals surface area contributed by atoms with E-state index in [0.29, 0.717) is 37.6 Å². The predicted octanol–water partition coefficient (Wildman–Crippen LogP) is 4.30. The summed E-state index contributed by atoms with van der Waals surface area (Å²) < 4.78 is 15.1. The van der Waals surface area contributed by atoms with E-state index in [9.17, 15) is 4.79 Å². The molecule has 9 nitrogen and oxygen atoms in total. The Hall–Kier alpha value is -4.76. The first-order valence-electron chi connectivity index (χ1n) is 13.9. The topological polar surface area (TPSA) is 90.8 Å². The second kappa shape index (κ2) is 10.3. The summed E-state index contributed by atoms with van der Waals surface area (Å²) in [5.74, 6) is 2.03. The van der Waals surface area contributed by atoms with Crippen LogP contribution in [0.15, 0.2) is 79.4 Å². The van der Waals surface area contributed by atoms with Crippen LogP contribution in [-0.4, -0.2) is 69.8 Å². The van der Waals surface area contributed by atoms with Gasteiger partial charge >= 0.3 is 0 Å². The van der Waals surface area contributed by atoms with Crippen molar-refractivity contribution in [3.8, 4) is 22.6 Å². The molecule has 2 N–H and O–H groups in total. The Balaban J connectivity index is 1.25. The van der Waals surface area contributed by atoms with Gasteiger partial charge in [0.15, 0.2) is 11.5 Å². The molecular formula is C32H32N6O3. The maximum absolute atomic E-state index is 14.0. The van der Waals surface area contributed by atoms with Gasteiger partial charge in [0.2, 0.25) is 6.79 Å². The lowest BCUT2D eigenvalue weighted by Crippen LogP contribution is -2.47. The second-order valence-corrected chi connectivity index (χ2v) is 10.8. The molecule has 2 aliphatic rings. The minimum absolute atomic E-state index is 0.0571. The molecular weight excluding hydrogens is 516 g/mol. The van der Waals surface area contributed by atoms with Crippen LogP contribution in [0.2, 0.25) is 0 Å². The fourth-order valence-electron chi connectivity index (χ4n) is 5.76. The number of aromatic nitrogens is 3. The third-order valence-electron chi connectivity index (χ3n) is 8.08. The SMILES string of the molecule is CN1CCN(C(=O)c2cn(Cc3c(N)ncn3Cc3ccc4c(c3)OCO4)cc2-c2cccc3ccccc23)CC1. The highest BCUT2D eigenvalue weighted by Gasteiger charge is 2.25. The van der Waals surface area contributed by atoms with Gasteiger partial charge in [-0.05, 0) is 41.1 Å². The number of amides is 1. The molecule has 4 heterocycles. The van der Waals surface area contributed by atoms with Crippen LogP contribution >= 0.6 is 0 Å². The Morgan fingerprint density at radius 3 is 2.59 bits per heavy atom. The number of carbonyl (C=O) groups is 1. The fourth-order valence-corrected chi connectivity index (χ4v) is 5.76. The molecule has 7 rings (SSSR count). The minimum Gasteiger partial charge on any atom is -0.454 e. The summed E-state index contributed by atoms with van der Waals surface area (Å²) in [7, 11) is 2.09. The fraction of sp³-hybridized carbons (Fsp3) is 0.250. The van der Waals surface area contributed by atoms with Gasteiger partial charge < -0.3 is 34.1 Å². The van der Waals surface area contributed by atoms with Gasteiger partial charge in [-0.3, -0.25) is 4.79 Å². The lowest BCUT2D eigenvalue weighted by molar-refractivity contribution is 0.0665. The first-order chi connectivity index (χ1) is 20.0. The van der Waals surface area contributed by atoms with Crippen LogP contribution in [0.3, 0.4) is 0 Å². The number of fused-ring (bicyclic) bond motifs is 2. The second-order valence-electron chi connectivity index (χ2n) is 10.8. The summed E-state index contributed by atoms with van der Waals surface area (Å²) in [6, 6.07) is 20.5. The maximum atomic E-state index is 14.0. The van der Waals surface area contributed by atoms with Gasteiger partial charge in [-0.2, -0.15) is 0 Å². The minimum atomic E-state index is 0.0571. The Labute approximate surface area is 238 Å². The van der Waals surface area contributed by atoms with Crippen molar-refractivity contribution >= 4 is 22.5 Å². The summed E-state index contributed by atoms with van der Waals surface area (Å²) in [4.78, 5) is 22.6.